The number of hydrogen-bond donors (Lipinski definition) is 1. The van der Waals surface area contributed by atoms with Gasteiger partial charge in [-0.2, -0.15) is 4.31 Å². The highest BCUT2D eigenvalue weighted by atomic mass is 32.2. The Labute approximate surface area is 195 Å². The van der Waals surface area contributed by atoms with E-state index in [1.165, 1.54) is 21.5 Å². The molecular formula is C26H29N3O3S. The molecule has 0 unspecified atom stereocenters. The highest BCUT2D eigenvalue weighted by Crippen LogP contribution is 2.25. The Morgan fingerprint density at radius 3 is 2.36 bits per heavy atom. The van der Waals surface area contributed by atoms with E-state index in [2.05, 4.69) is 10.2 Å². The van der Waals surface area contributed by atoms with Gasteiger partial charge in [0, 0.05) is 31.7 Å². The lowest BCUT2D eigenvalue weighted by Crippen LogP contribution is -2.36. The normalized spacial score (nSPS) is 14.2. The molecule has 4 rings (SSSR count). The van der Waals surface area contributed by atoms with Crippen LogP contribution in [0.2, 0.25) is 0 Å². The van der Waals surface area contributed by atoms with Gasteiger partial charge in [0.05, 0.1) is 4.90 Å². The summed E-state index contributed by atoms with van der Waals surface area (Å²) in [7, 11) is 0.348. The number of rotatable bonds is 7. The standard InChI is InChI=1S/C26H29N3O3S/c1-28(2)18-21-12-10-20(11-13-21)17-27-26(30)23-8-5-9-25(16-23)33(31,32)29-15-14-22-6-3-4-7-24(22)19-29/h3-13,16H,14-15,17-19H2,1-2H3,(H,27,30). The zero-order valence-electron chi connectivity index (χ0n) is 19.0. The highest BCUT2D eigenvalue weighted by molar-refractivity contribution is 7.89. The molecule has 3 aromatic carbocycles. The van der Waals surface area contributed by atoms with Gasteiger partial charge in [-0.25, -0.2) is 8.42 Å². The van der Waals surface area contributed by atoms with E-state index in [0.29, 0.717) is 31.6 Å². The topological polar surface area (TPSA) is 69.7 Å². The molecule has 1 aliphatic rings. The van der Waals surface area contributed by atoms with Gasteiger partial charge in [0.1, 0.15) is 0 Å². The first-order chi connectivity index (χ1) is 15.8. The molecule has 7 heteroatoms. The van der Waals surface area contributed by atoms with Crippen LogP contribution in [-0.4, -0.2) is 44.2 Å². The molecule has 172 valence electrons. The fourth-order valence-corrected chi connectivity index (χ4v) is 5.50. The molecule has 0 saturated heterocycles. The van der Waals surface area contributed by atoms with E-state index in [1.54, 1.807) is 18.2 Å². The minimum Gasteiger partial charge on any atom is -0.348 e. The van der Waals surface area contributed by atoms with Crippen molar-refractivity contribution in [2.45, 2.75) is 31.0 Å². The van der Waals surface area contributed by atoms with Crippen LogP contribution in [0.3, 0.4) is 0 Å². The maximum absolute atomic E-state index is 13.3. The fourth-order valence-electron chi connectivity index (χ4n) is 4.03. The van der Waals surface area contributed by atoms with Gasteiger partial charge in [0.2, 0.25) is 10.0 Å². The summed E-state index contributed by atoms with van der Waals surface area (Å²) in [4.78, 5) is 15.0. The minimum absolute atomic E-state index is 0.141. The first-order valence-corrected chi connectivity index (χ1v) is 12.4. The van der Waals surface area contributed by atoms with Crippen molar-refractivity contribution in [1.29, 1.82) is 0 Å². The number of nitrogens with one attached hydrogen (secondary N) is 1. The summed E-state index contributed by atoms with van der Waals surface area (Å²) in [6, 6.07) is 22.3. The van der Waals surface area contributed by atoms with Gasteiger partial charge < -0.3 is 10.2 Å². The molecule has 1 N–H and O–H groups in total. The number of nitrogens with zero attached hydrogens (tertiary/aromatic N) is 2. The predicted molar refractivity (Wildman–Crippen MR) is 129 cm³/mol. The van der Waals surface area contributed by atoms with Gasteiger partial charge in [-0.05, 0) is 61.0 Å². The Hall–Kier alpha value is -3.00. The molecule has 0 aliphatic carbocycles. The molecule has 1 aliphatic heterocycles. The molecule has 3 aromatic rings. The molecule has 0 saturated carbocycles. The van der Waals surface area contributed by atoms with Gasteiger partial charge in [0.25, 0.3) is 5.91 Å². The second-order valence-corrected chi connectivity index (χ2v) is 10.6. The Morgan fingerprint density at radius 2 is 1.64 bits per heavy atom. The van der Waals surface area contributed by atoms with Crippen LogP contribution in [-0.2, 0) is 36.1 Å². The first kappa shape index (κ1) is 23.2. The minimum atomic E-state index is -3.69. The molecule has 0 aromatic heterocycles. The van der Waals surface area contributed by atoms with Crippen LogP contribution in [0.15, 0.2) is 77.7 Å². The van der Waals surface area contributed by atoms with Crippen LogP contribution in [0.1, 0.15) is 32.6 Å². The third-order valence-electron chi connectivity index (χ3n) is 5.80. The van der Waals surface area contributed by atoms with E-state index in [1.807, 2.05) is 62.6 Å². The number of carbonyl (C=O) groups is 1. The Balaban J connectivity index is 1.43. The molecular weight excluding hydrogens is 434 g/mol. The van der Waals surface area contributed by atoms with Crippen LogP contribution in [0, 0.1) is 0 Å². The van der Waals surface area contributed by atoms with Gasteiger partial charge in [0.15, 0.2) is 0 Å². The lowest BCUT2D eigenvalue weighted by atomic mass is 10.0. The second kappa shape index (κ2) is 9.87. The number of benzene rings is 3. The van der Waals surface area contributed by atoms with Crippen LogP contribution in [0.25, 0.3) is 0 Å². The van der Waals surface area contributed by atoms with E-state index >= 15 is 0 Å². The van der Waals surface area contributed by atoms with Crippen molar-refractivity contribution >= 4 is 15.9 Å². The number of amides is 1. The van der Waals surface area contributed by atoms with Gasteiger partial charge >= 0.3 is 0 Å². The van der Waals surface area contributed by atoms with Crippen molar-refractivity contribution in [2.24, 2.45) is 0 Å². The molecule has 1 amide bonds. The lowest BCUT2D eigenvalue weighted by Gasteiger charge is -2.28. The van der Waals surface area contributed by atoms with E-state index in [9.17, 15) is 13.2 Å². The van der Waals surface area contributed by atoms with E-state index in [0.717, 1.165) is 17.7 Å². The SMILES string of the molecule is CN(C)Cc1ccc(CNC(=O)c2cccc(S(=O)(=O)N3CCc4ccccc4C3)c2)cc1. The molecule has 6 nitrogen and oxygen atoms in total. The average molecular weight is 464 g/mol. The maximum Gasteiger partial charge on any atom is 0.251 e. The summed E-state index contributed by atoms with van der Waals surface area (Å²) >= 11 is 0. The third kappa shape index (κ3) is 5.50. The van der Waals surface area contributed by atoms with Crippen LogP contribution in [0.5, 0.6) is 0 Å². The summed E-state index contributed by atoms with van der Waals surface area (Å²) in [5.41, 5.74) is 4.73. The van der Waals surface area contributed by atoms with Crippen molar-refractivity contribution in [3.8, 4) is 0 Å². The maximum atomic E-state index is 13.3. The molecule has 0 spiro atoms. The Kier molecular flexibility index (Phi) is 6.93. The average Bonchev–Trinajstić information content (AvgIpc) is 2.83. The molecule has 33 heavy (non-hydrogen) atoms. The molecule has 0 bridgehead atoms. The van der Waals surface area contributed by atoms with Gasteiger partial charge in [-0.3, -0.25) is 4.79 Å². The largest absolute Gasteiger partial charge is 0.348 e. The van der Waals surface area contributed by atoms with Crippen LogP contribution in [0.4, 0.5) is 0 Å². The summed E-state index contributed by atoms with van der Waals surface area (Å²) in [6.45, 7) is 2.01. The number of carbonyl (C=O) groups excluding carboxylic acids is 1. The summed E-state index contributed by atoms with van der Waals surface area (Å²) in [5, 5.41) is 2.89. The van der Waals surface area contributed by atoms with Crippen LogP contribution < -0.4 is 5.32 Å². The second-order valence-electron chi connectivity index (χ2n) is 8.62. The molecule has 0 radical (unpaired) electrons. The summed E-state index contributed by atoms with van der Waals surface area (Å²) in [6.07, 6.45) is 0.683. The van der Waals surface area contributed by atoms with Crippen molar-refractivity contribution < 1.29 is 13.2 Å². The fraction of sp³-hybridized carbons (Fsp3) is 0.269. The molecule has 1 heterocycles. The Morgan fingerprint density at radius 1 is 0.939 bits per heavy atom. The van der Waals surface area contributed by atoms with E-state index in [4.69, 9.17) is 0 Å². The van der Waals surface area contributed by atoms with Crippen molar-refractivity contribution in [1.82, 2.24) is 14.5 Å². The van der Waals surface area contributed by atoms with Crippen molar-refractivity contribution in [3.63, 3.8) is 0 Å². The van der Waals surface area contributed by atoms with Gasteiger partial charge in [-0.1, -0.05) is 54.6 Å². The summed E-state index contributed by atoms with van der Waals surface area (Å²) in [5.74, 6) is -0.298. The van der Waals surface area contributed by atoms with Gasteiger partial charge in [-0.15, -0.1) is 0 Å². The number of hydrogen-bond acceptors (Lipinski definition) is 4. The monoisotopic (exact) mass is 463 g/mol. The highest BCUT2D eigenvalue weighted by Gasteiger charge is 2.28. The lowest BCUT2D eigenvalue weighted by molar-refractivity contribution is 0.0950. The van der Waals surface area contributed by atoms with Crippen molar-refractivity contribution in [2.75, 3.05) is 20.6 Å². The number of sulfonamides is 1. The predicted octanol–water partition coefficient (Wildman–Crippen LogP) is 3.43. The zero-order chi connectivity index (χ0) is 23.4. The van der Waals surface area contributed by atoms with E-state index in [-0.39, 0.29) is 10.8 Å². The number of fused-ring (bicyclic) bond motifs is 1. The summed E-state index contributed by atoms with van der Waals surface area (Å²) < 4.78 is 28.0. The quantitative estimate of drug-likeness (QED) is 0.583. The van der Waals surface area contributed by atoms with Crippen molar-refractivity contribution in [3.05, 3.63) is 101 Å². The third-order valence-corrected chi connectivity index (χ3v) is 7.65. The van der Waals surface area contributed by atoms with Crippen LogP contribution >= 0.6 is 0 Å². The van der Waals surface area contributed by atoms with E-state index < -0.39 is 10.0 Å². The molecule has 0 atom stereocenters. The Bertz CT molecular complexity index is 1240. The smallest absolute Gasteiger partial charge is 0.251 e. The molecule has 0 fully saturated rings. The first-order valence-electron chi connectivity index (χ1n) is 11.0. The zero-order valence-corrected chi connectivity index (χ0v) is 19.8.